The summed E-state index contributed by atoms with van der Waals surface area (Å²) in [6.45, 7) is 8.25. The molecule has 0 aromatic heterocycles. The summed E-state index contributed by atoms with van der Waals surface area (Å²) in [7, 11) is 1.58. The molecule has 0 radical (unpaired) electrons. The van der Waals surface area contributed by atoms with Gasteiger partial charge in [0.25, 0.3) is 0 Å². The maximum Gasteiger partial charge on any atom is 0.0920 e. The Morgan fingerprint density at radius 2 is 2.10 bits per heavy atom. The van der Waals surface area contributed by atoms with Gasteiger partial charge in [0, 0.05) is 10.2 Å². The Balaban J connectivity index is 3.50. The maximum atomic E-state index is 2.70. The lowest BCUT2D eigenvalue weighted by atomic mass is 10.4. The molecule has 0 atom stereocenters. The minimum absolute atomic E-state index is 0.172. The largest absolute Gasteiger partial charge is 0.327 e. The first kappa shape index (κ1) is 10.4. The first-order valence-corrected chi connectivity index (χ1v) is 7.51. The molecule has 0 aliphatic heterocycles. The van der Waals surface area contributed by atoms with Gasteiger partial charge in [-0.15, -0.1) is 0 Å². The van der Waals surface area contributed by atoms with Gasteiger partial charge in [-0.2, -0.15) is 0 Å². The molecule has 0 aliphatic carbocycles. The highest BCUT2D eigenvalue weighted by Gasteiger charge is 2.05. The molecule has 1 nitrogen and oxygen atoms in total. The van der Waals surface area contributed by atoms with E-state index in [1.54, 1.807) is 5.67 Å². The fraction of sp³-hybridized carbons (Fsp3) is 1.00. The lowest BCUT2D eigenvalue weighted by molar-refractivity contribution is 0.372. The second-order valence-electron chi connectivity index (χ2n) is 3.13. The lowest BCUT2D eigenvalue weighted by Crippen LogP contribution is -2.34. The van der Waals surface area contributed by atoms with Crippen LogP contribution < -0.4 is 0 Å². The van der Waals surface area contributed by atoms with Crippen LogP contribution in [-0.4, -0.2) is 37.1 Å². The zero-order valence-electron chi connectivity index (χ0n) is 7.85. The van der Waals surface area contributed by atoms with Crippen LogP contribution >= 0.6 is 0 Å². The van der Waals surface area contributed by atoms with E-state index in [4.69, 9.17) is 0 Å². The standard InChI is InChI=1S/C7H21NSi2/c1-4-5-8(7(2)3)10-6-9/h7H,4-6,10H2,1-3,9H3. The van der Waals surface area contributed by atoms with E-state index in [-0.39, 0.29) is 9.68 Å². The third kappa shape index (κ3) is 4.25. The lowest BCUT2D eigenvalue weighted by Gasteiger charge is -2.25. The van der Waals surface area contributed by atoms with Crippen molar-refractivity contribution in [3.8, 4) is 0 Å². The molecule has 10 heavy (non-hydrogen) atoms. The van der Waals surface area contributed by atoms with Crippen LogP contribution in [0.5, 0.6) is 0 Å². The molecule has 0 bridgehead atoms. The highest BCUT2D eigenvalue weighted by molar-refractivity contribution is 6.44. The van der Waals surface area contributed by atoms with E-state index < -0.39 is 0 Å². The summed E-state index contributed by atoms with van der Waals surface area (Å²) in [4.78, 5) is 0. The predicted molar refractivity (Wildman–Crippen MR) is 55.4 cm³/mol. The third-order valence-corrected chi connectivity index (χ3v) is 5.16. The minimum atomic E-state index is 0.172. The van der Waals surface area contributed by atoms with Crippen molar-refractivity contribution in [2.24, 2.45) is 0 Å². The monoisotopic (exact) mass is 175 g/mol. The quantitative estimate of drug-likeness (QED) is 0.529. The summed E-state index contributed by atoms with van der Waals surface area (Å²) in [5.74, 6) is 0. The van der Waals surface area contributed by atoms with Crippen molar-refractivity contribution in [1.82, 2.24) is 4.57 Å². The summed E-state index contributed by atoms with van der Waals surface area (Å²) in [6.07, 6.45) is 1.33. The van der Waals surface area contributed by atoms with Crippen molar-refractivity contribution in [3.05, 3.63) is 0 Å². The average Bonchev–Trinajstić information content (AvgIpc) is 1.87. The maximum absolute atomic E-state index is 2.70. The van der Waals surface area contributed by atoms with E-state index in [1.165, 1.54) is 23.2 Å². The highest BCUT2D eigenvalue weighted by Crippen LogP contribution is 1.97. The van der Waals surface area contributed by atoms with E-state index in [2.05, 4.69) is 25.3 Å². The zero-order valence-corrected chi connectivity index (χ0v) is 11.3. The number of hydrogen-bond donors (Lipinski definition) is 0. The van der Waals surface area contributed by atoms with Crippen molar-refractivity contribution < 1.29 is 0 Å². The van der Waals surface area contributed by atoms with Crippen molar-refractivity contribution in [1.29, 1.82) is 0 Å². The van der Waals surface area contributed by atoms with Gasteiger partial charge in [0.1, 0.15) is 0 Å². The minimum Gasteiger partial charge on any atom is -0.327 e. The summed E-state index contributed by atoms with van der Waals surface area (Å²) >= 11 is 0. The topological polar surface area (TPSA) is 3.24 Å². The molecule has 0 fully saturated rings. The van der Waals surface area contributed by atoms with E-state index in [0.717, 1.165) is 6.04 Å². The van der Waals surface area contributed by atoms with E-state index in [1.807, 2.05) is 0 Å². The molecule has 0 saturated heterocycles. The smallest absolute Gasteiger partial charge is 0.0920 e. The van der Waals surface area contributed by atoms with Crippen LogP contribution in [0.2, 0.25) is 5.67 Å². The fourth-order valence-electron chi connectivity index (χ4n) is 1.20. The van der Waals surface area contributed by atoms with Gasteiger partial charge >= 0.3 is 0 Å². The highest BCUT2D eigenvalue weighted by atomic mass is 28.3. The van der Waals surface area contributed by atoms with E-state index >= 15 is 0 Å². The van der Waals surface area contributed by atoms with Crippen LogP contribution in [0.4, 0.5) is 0 Å². The van der Waals surface area contributed by atoms with Gasteiger partial charge in [0.15, 0.2) is 0 Å². The number of nitrogens with zero attached hydrogens (tertiary/aromatic N) is 1. The number of rotatable bonds is 5. The van der Waals surface area contributed by atoms with E-state index in [0.29, 0.717) is 0 Å². The first-order valence-electron chi connectivity index (χ1n) is 4.46. The van der Waals surface area contributed by atoms with Gasteiger partial charge in [0.2, 0.25) is 0 Å². The third-order valence-electron chi connectivity index (χ3n) is 1.75. The second kappa shape index (κ2) is 6.13. The second-order valence-corrected chi connectivity index (χ2v) is 8.39. The molecule has 0 heterocycles. The normalized spacial score (nSPS) is 12.9. The summed E-state index contributed by atoms with van der Waals surface area (Å²) in [5.41, 5.74) is 1.55. The van der Waals surface area contributed by atoms with E-state index in [9.17, 15) is 0 Å². The molecule has 0 aliphatic rings. The van der Waals surface area contributed by atoms with Crippen LogP contribution in [0.15, 0.2) is 0 Å². The Morgan fingerprint density at radius 1 is 1.50 bits per heavy atom. The molecule has 62 valence electrons. The molecular formula is C7H21NSi2. The molecule has 0 aromatic carbocycles. The molecule has 0 rings (SSSR count). The van der Waals surface area contributed by atoms with Gasteiger partial charge < -0.3 is 4.57 Å². The Hall–Kier alpha value is 0.394. The Bertz CT molecular complexity index is 70.0. The summed E-state index contributed by atoms with van der Waals surface area (Å²) in [5, 5.41) is 0. The van der Waals surface area contributed by atoms with Crippen molar-refractivity contribution in [2.45, 2.75) is 38.9 Å². The summed E-state index contributed by atoms with van der Waals surface area (Å²) in [6, 6.07) is 0.806. The van der Waals surface area contributed by atoms with Crippen LogP contribution in [-0.2, 0) is 0 Å². The molecule has 3 heteroatoms. The Labute approximate surface area is 70.5 Å². The van der Waals surface area contributed by atoms with Gasteiger partial charge in [-0.05, 0) is 19.0 Å². The molecule has 0 N–H and O–H groups in total. The molecule has 0 amide bonds. The molecule has 0 aromatic rings. The van der Waals surface area contributed by atoms with Crippen LogP contribution in [0, 0.1) is 0 Å². The molecular weight excluding hydrogens is 154 g/mol. The SMILES string of the molecule is CCCN([SiH2]C[SiH3])C(C)C. The Kier molecular flexibility index (Phi) is 6.37. The summed E-state index contributed by atoms with van der Waals surface area (Å²) < 4.78 is 2.70. The Morgan fingerprint density at radius 3 is 2.40 bits per heavy atom. The van der Waals surface area contributed by atoms with Crippen molar-refractivity contribution in [3.63, 3.8) is 0 Å². The van der Waals surface area contributed by atoms with Crippen LogP contribution in [0.3, 0.4) is 0 Å². The van der Waals surface area contributed by atoms with Crippen LogP contribution in [0.25, 0.3) is 0 Å². The van der Waals surface area contributed by atoms with Gasteiger partial charge in [-0.3, -0.25) is 0 Å². The molecule has 0 saturated carbocycles. The zero-order chi connectivity index (χ0) is 7.98. The van der Waals surface area contributed by atoms with Gasteiger partial charge in [0.05, 0.1) is 9.68 Å². The number of hydrogen-bond acceptors (Lipinski definition) is 1. The fourth-order valence-corrected chi connectivity index (χ4v) is 4.56. The first-order chi connectivity index (χ1) is 4.72. The molecule has 0 spiro atoms. The van der Waals surface area contributed by atoms with Gasteiger partial charge in [-0.25, -0.2) is 0 Å². The van der Waals surface area contributed by atoms with Crippen molar-refractivity contribution >= 4 is 19.9 Å². The average molecular weight is 175 g/mol. The predicted octanol–water partition coefficient (Wildman–Crippen LogP) is -0.0682. The van der Waals surface area contributed by atoms with Crippen LogP contribution in [0.1, 0.15) is 27.2 Å². The van der Waals surface area contributed by atoms with Crippen molar-refractivity contribution in [2.75, 3.05) is 6.54 Å². The molecule has 0 unspecified atom stereocenters. The van der Waals surface area contributed by atoms with Gasteiger partial charge in [-0.1, -0.05) is 26.4 Å².